The van der Waals surface area contributed by atoms with Crippen molar-refractivity contribution in [3.8, 4) is 11.4 Å². The van der Waals surface area contributed by atoms with Gasteiger partial charge < -0.3 is 10.2 Å². The molecule has 2 heterocycles. The van der Waals surface area contributed by atoms with Crippen LogP contribution in [0.2, 0.25) is 0 Å². The molecule has 164 valence electrons. The zero-order chi connectivity index (χ0) is 22.3. The van der Waals surface area contributed by atoms with E-state index in [2.05, 4.69) is 27.1 Å². The molecule has 1 saturated heterocycles. The van der Waals surface area contributed by atoms with Crippen LogP contribution in [0.25, 0.3) is 11.4 Å². The van der Waals surface area contributed by atoms with Gasteiger partial charge in [0, 0.05) is 49.8 Å². The van der Waals surface area contributed by atoms with Crippen molar-refractivity contribution in [1.29, 1.82) is 0 Å². The number of hydrogen-bond donors (Lipinski definition) is 1. The Hall–Kier alpha value is -3.58. The summed E-state index contributed by atoms with van der Waals surface area (Å²) in [7, 11) is 0. The molecule has 0 atom stereocenters. The fourth-order valence-electron chi connectivity index (χ4n) is 3.81. The number of rotatable bonds is 6. The summed E-state index contributed by atoms with van der Waals surface area (Å²) in [5.41, 5.74) is 3.39. The normalized spacial score (nSPS) is 14.2. The number of anilines is 1. The molecule has 1 fully saturated rings. The second-order valence-corrected chi connectivity index (χ2v) is 7.79. The number of piperazine rings is 1. The molecule has 0 unspecified atom stereocenters. The molecule has 7 heteroatoms. The highest BCUT2D eigenvalue weighted by molar-refractivity contribution is 5.94. The summed E-state index contributed by atoms with van der Waals surface area (Å²) in [5, 5.41) is 3.01. The largest absolute Gasteiger partial charge is 0.336 e. The summed E-state index contributed by atoms with van der Waals surface area (Å²) in [6, 6.07) is 17.5. The van der Waals surface area contributed by atoms with Crippen molar-refractivity contribution in [2.75, 3.05) is 38.0 Å². The van der Waals surface area contributed by atoms with Crippen molar-refractivity contribution in [2.24, 2.45) is 0 Å². The number of carbonyl (C=O) groups excluding carboxylic acids is 2. The number of hydrogen-bond acceptors (Lipinski definition) is 5. The third-order valence-electron chi connectivity index (χ3n) is 5.63. The number of para-hydroxylation sites is 1. The van der Waals surface area contributed by atoms with Crippen LogP contribution in [-0.4, -0.2) is 64.3 Å². The summed E-state index contributed by atoms with van der Waals surface area (Å²) in [4.78, 5) is 37.9. The van der Waals surface area contributed by atoms with Gasteiger partial charge in [0.05, 0.1) is 12.1 Å². The van der Waals surface area contributed by atoms with Crippen molar-refractivity contribution in [3.63, 3.8) is 0 Å². The van der Waals surface area contributed by atoms with Gasteiger partial charge in [-0.15, -0.1) is 0 Å². The molecule has 1 aliphatic heterocycles. The molecule has 3 aromatic rings. The molecule has 7 nitrogen and oxygen atoms in total. The van der Waals surface area contributed by atoms with Gasteiger partial charge in [-0.3, -0.25) is 14.5 Å². The highest BCUT2D eigenvalue weighted by atomic mass is 16.2. The standard InChI is InChI=1S/C25H27N5O2/c1-2-19-8-6-7-11-22(19)28-23(31)18-29-12-14-30(15-13-29)25(32)21-16-26-24(27-17-21)20-9-4-3-5-10-20/h3-11,16-17H,2,12-15,18H2,1H3,(H,28,31). The van der Waals surface area contributed by atoms with E-state index in [0.29, 0.717) is 44.1 Å². The minimum absolute atomic E-state index is 0.0319. The van der Waals surface area contributed by atoms with Crippen LogP contribution in [0.4, 0.5) is 5.69 Å². The first kappa shape index (κ1) is 21.6. The summed E-state index contributed by atoms with van der Waals surface area (Å²) >= 11 is 0. The van der Waals surface area contributed by atoms with Crippen LogP contribution in [0.3, 0.4) is 0 Å². The maximum absolute atomic E-state index is 12.8. The van der Waals surface area contributed by atoms with Crippen molar-refractivity contribution < 1.29 is 9.59 Å². The molecule has 2 amide bonds. The number of benzene rings is 2. The molecule has 0 bridgehead atoms. The van der Waals surface area contributed by atoms with Gasteiger partial charge in [0.2, 0.25) is 5.91 Å². The smallest absolute Gasteiger partial charge is 0.257 e. The third-order valence-corrected chi connectivity index (χ3v) is 5.63. The molecule has 32 heavy (non-hydrogen) atoms. The number of amides is 2. The van der Waals surface area contributed by atoms with Gasteiger partial charge in [0.1, 0.15) is 0 Å². The quantitative estimate of drug-likeness (QED) is 0.652. The van der Waals surface area contributed by atoms with Crippen LogP contribution >= 0.6 is 0 Å². The van der Waals surface area contributed by atoms with E-state index in [0.717, 1.165) is 23.2 Å². The summed E-state index contributed by atoms with van der Waals surface area (Å²) in [5.74, 6) is 0.490. The summed E-state index contributed by atoms with van der Waals surface area (Å²) in [6.45, 7) is 4.82. The van der Waals surface area contributed by atoms with Gasteiger partial charge in [-0.1, -0.05) is 55.5 Å². The van der Waals surface area contributed by atoms with Crippen LogP contribution in [0.5, 0.6) is 0 Å². The first-order valence-corrected chi connectivity index (χ1v) is 10.9. The molecule has 0 spiro atoms. The molecular weight excluding hydrogens is 402 g/mol. The number of aromatic nitrogens is 2. The zero-order valence-electron chi connectivity index (χ0n) is 18.2. The van der Waals surface area contributed by atoms with Crippen LogP contribution in [0.15, 0.2) is 67.0 Å². The Balaban J connectivity index is 1.28. The van der Waals surface area contributed by atoms with Gasteiger partial charge in [-0.25, -0.2) is 9.97 Å². The van der Waals surface area contributed by atoms with E-state index in [1.165, 1.54) is 0 Å². The van der Waals surface area contributed by atoms with Crippen LogP contribution in [0, 0.1) is 0 Å². The fourth-order valence-corrected chi connectivity index (χ4v) is 3.81. The molecular formula is C25H27N5O2. The second kappa shape index (κ2) is 10.2. The molecule has 1 aromatic heterocycles. The maximum atomic E-state index is 12.8. The van der Waals surface area contributed by atoms with Gasteiger partial charge in [0.15, 0.2) is 5.82 Å². The summed E-state index contributed by atoms with van der Waals surface area (Å²) < 4.78 is 0. The van der Waals surface area contributed by atoms with Crippen molar-refractivity contribution in [1.82, 2.24) is 19.8 Å². The minimum atomic E-state index is -0.0782. The number of aryl methyl sites for hydroxylation is 1. The van der Waals surface area contributed by atoms with Crippen LogP contribution in [-0.2, 0) is 11.2 Å². The highest BCUT2D eigenvalue weighted by Crippen LogP contribution is 2.16. The maximum Gasteiger partial charge on any atom is 0.257 e. The summed E-state index contributed by atoms with van der Waals surface area (Å²) in [6.07, 6.45) is 4.04. The molecule has 1 N–H and O–H groups in total. The first-order chi connectivity index (χ1) is 15.6. The predicted octanol–water partition coefficient (Wildman–Crippen LogP) is 3.10. The molecule has 0 saturated carbocycles. The number of carbonyl (C=O) groups is 2. The van der Waals surface area contributed by atoms with Crippen LogP contribution < -0.4 is 5.32 Å². The third kappa shape index (κ3) is 5.18. The Bertz CT molecular complexity index is 1060. The van der Waals surface area contributed by atoms with E-state index in [4.69, 9.17) is 0 Å². The predicted molar refractivity (Wildman–Crippen MR) is 124 cm³/mol. The molecule has 1 aliphatic rings. The number of nitrogens with one attached hydrogen (secondary N) is 1. The zero-order valence-corrected chi connectivity index (χ0v) is 18.2. The Morgan fingerprint density at radius 2 is 1.56 bits per heavy atom. The van der Waals surface area contributed by atoms with E-state index in [-0.39, 0.29) is 11.8 Å². The minimum Gasteiger partial charge on any atom is -0.336 e. The van der Waals surface area contributed by atoms with Gasteiger partial charge in [-0.05, 0) is 18.1 Å². The Morgan fingerprint density at radius 1 is 0.906 bits per heavy atom. The van der Waals surface area contributed by atoms with Crippen molar-refractivity contribution >= 4 is 17.5 Å². The molecule has 0 aliphatic carbocycles. The van der Waals surface area contributed by atoms with Gasteiger partial charge in [0.25, 0.3) is 5.91 Å². The van der Waals surface area contributed by atoms with Crippen LogP contribution in [0.1, 0.15) is 22.8 Å². The van der Waals surface area contributed by atoms with Gasteiger partial charge in [-0.2, -0.15) is 0 Å². The monoisotopic (exact) mass is 429 g/mol. The molecule has 4 rings (SSSR count). The van der Waals surface area contributed by atoms with Gasteiger partial charge >= 0.3 is 0 Å². The number of nitrogens with zero attached hydrogens (tertiary/aromatic N) is 4. The Morgan fingerprint density at radius 3 is 2.25 bits per heavy atom. The van der Waals surface area contributed by atoms with E-state index in [1.807, 2.05) is 54.6 Å². The SMILES string of the molecule is CCc1ccccc1NC(=O)CN1CCN(C(=O)c2cnc(-c3ccccc3)nc2)CC1. The van der Waals surface area contributed by atoms with Crippen molar-refractivity contribution in [2.45, 2.75) is 13.3 Å². The fraction of sp³-hybridized carbons (Fsp3) is 0.280. The molecule has 0 radical (unpaired) electrons. The first-order valence-electron chi connectivity index (χ1n) is 10.9. The lowest BCUT2D eigenvalue weighted by Gasteiger charge is -2.34. The van der Waals surface area contributed by atoms with E-state index < -0.39 is 0 Å². The lowest BCUT2D eigenvalue weighted by atomic mass is 10.1. The Labute approximate surface area is 188 Å². The second-order valence-electron chi connectivity index (χ2n) is 7.79. The average molecular weight is 430 g/mol. The van der Waals surface area contributed by atoms with Crippen molar-refractivity contribution in [3.05, 3.63) is 78.1 Å². The lowest BCUT2D eigenvalue weighted by Crippen LogP contribution is -2.50. The Kier molecular flexibility index (Phi) is 6.87. The average Bonchev–Trinajstić information content (AvgIpc) is 2.85. The highest BCUT2D eigenvalue weighted by Gasteiger charge is 2.24. The molecule has 2 aromatic carbocycles. The van der Waals surface area contributed by atoms with E-state index in [9.17, 15) is 9.59 Å². The lowest BCUT2D eigenvalue weighted by molar-refractivity contribution is -0.117. The van der Waals surface area contributed by atoms with E-state index >= 15 is 0 Å². The van der Waals surface area contributed by atoms with E-state index in [1.54, 1.807) is 17.3 Å². The topological polar surface area (TPSA) is 78.4 Å².